The highest BCUT2D eigenvalue weighted by Crippen LogP contribution is 2.37. The van der Waals surface area contributed by atoms with Crippen LogP contribution in [-0.2, 0) is 0 Å². The molecule has 0 saturated carbocycles. The van der Waals surface area contributed by atoms with Gasteiger partial charge in [0.15, 0.2) is 5.82 Å². The van der Waals surface area contributed by atoms with Crippen LogP contribution >= 0.6 is 0 Å². The summed E-state index contributed by atoms with van der Waals surface area (Å²) in [6.45, 7) is 0. The van der Waals surface area contributed by atoms with Crippen molar-refractivity contribution in [2.75, 3.05) is 0 Å². The fourth-order valence-corrected chi connectivity index (χ4v) is 8.99. The van der Waals surface area contributed by atoms with Crippen LogP contribution in [0, 0.1) is 0 Å². The molecule has 0 radical (unpaired) electrons. The van der Waals surface area contributed by atoms with E-state index in [9.17, 15) is 0 Å². The topological polar surface area (TPSA) is 64.5 Å². The fraction of sp³-hybridized carbons (Fsp3) is 0. The van der Waals surface area contributed by atoms with Crippen molar-refractivity contribution in [2.45, 2.75) is 0 Å². The Bertz CT molecular complexity index is 3730. The van der Waals surface area contributed by atoms with E-state index in [-0.39, 0.29) is 0 Å². The molecule has 0 amide bonds. The lowest BCUT2D eigenvalue weighted by Crippen LogP contribution is -1.96. The van der Waals surface area contributed by atoms with Crippen LogP contribution in [-0.4, -0.2) is 24.9 Å². The largest absolute Gasteiger partial charge is 0.256 e. The number of benzene rings is 8. The average Bonchev–Trinajstić information content (AvgIpc) is 3.41. The van der Waals surface area contributed by atoms with Crippen molar-refractivity contribution in [3.8, 4) is 89.8 Å². The lowest BCUT2D eigenvalue weighted by Gasteiger charge is -2.13. The minimum Gasteiger partial charge on any atom is -0.256 e. The highest BCUT2D eigenvalue weighted by atomic mass is 14.9. The maximum absolute atomic E-state index is 5.32. The number of rotatable bonds is 8. The molecule has 12 rings (SSSR count). The Balaban J connectivity index is 0.905. The van der Waals surface area contributed by atoms with E-state index in [2.05, 4.69) is 205 Å². The van der Waals surface area contributed by atoms with Crippen LogP contribution in [0.15, 0.2) is 237 Å². The van der Waals surface area contributed by atoms with E-state index in [1.807, 2.05) is 36.5 Å². The van der Waals surface area contributed by atoms with Crippen molar-refractivity contribution < 1.29 is 0 Å². The first-order chi connectivity index (χ1) is 32.7. The Morgan fingerprint density at radius 2 is 0.803 bits per heavy atom. The van der Waals surface area contributed by atoms with Gasteiger partial charge in [0.25, 0.3) is 0 Å². The number of pyridine rings is 3. The molecule has 5 nitrogen and oxygen atoms in total. The van der Waals surface area contributed by atoms with E-state index in [0.29, 0.717) is 5.82 Å². The van der Waals surface area contributed by atoms with E-state index in [4.69, 9.17) is 19.9 Å². The molecule has 0 fully saturated rings. The van der Waals surface area contributed by atoms with Crippen LogP contribution in [0.4, 0.5) is 0 Å². The second kappa shape index (κ2) is 16.6. The maximum atomic E-state index is 5.32. The SMILES string of the molecule is c1ccc(-c2cc(-c3cccc(-c4ccnc5ccccc45)c3)nc(-c3cccc(-c4ccc(-c5ccc6ccc7c(-c8ccccc8)cc(-c8ccccc8)nc7c6n5)cc4)c3)n2)cc1. The quantitative estimate of drug-likeness (QED) is 0.143. The number of nitrogens with zero attached hydrogens (tertiary/aromatic N) is 5. The third-order valence-electron chi connectivity index (χ3n) is 12.3. The molecule has 0 aliphatic rings. The average molecular weight is 842 g/mol. The molecule has 5 heteroatoms. The van der Waals surface area contributed by atoms with E-state index < -0.39 is 0 Å². The van der Waals surface area contributed by atoms with Crippen molar-refractivity contribution >= 4 is 32.7 Å². The molecule has 0 aliphatic carbocycles. The predicted octanol–water partition coefficient (Wildman–Crippen LogP) is 15.5. The minimum absolute atomic E-state index is 0.664. The number of aromatic nitrogens is 5. The Hall–Kier alpha value is -8.93. The van der Waals surface area contributed by atoms with Gasteiger partial charge in [-0.05, 0) is 75.8 Å². The first kappa shape index (κ1) is 38.7. The first-order valence-electron chi connectivity index (χ1n) is 22.1. The molecule has 8 aromatic carbocycles. The third kappa shape index (κ3) is 7.34. The van der Waals surface area contributed by atoms with Gasteiger partial charge in [0.2, 0.25) is 0 Å². The normalized spacial score (nSPS) is 11.3. The lowest BCUT2D eigenvalue weighted by atomic mass is 9.96. The van der Waals surface area contributed by atoms with E-state index in [1.165, 1.54) is 0 Å². The van der Waals surface area contributed by atoms with Crippen LogP contribution in [0.2, 0.25) is 0 Å². The minimum atomic E-state index is 0.664. The molecule has 0 saturated heterocycles. The molecule has 4 heterocycles. The molecule has 0 aliphatic heterocycles. The predicted molar refractivity (Wildman–Crippen MR) is 271 cm³/mol. The van der Waals surface area contributed by atoms with E-state index >= 15 is 0 Å². The Morgan fingerprint density at radius 3 is 1.56 bits per heavy atom. The Morgan fingerprint density at radius 1 is 0.258 bits per heavy atom. The molecule has 0 bridgehead atoms. The summed E-state index contributed by atoms with van der Waals surface area (Å²) in [5.74, 6) is 0.664. The van der Waals surface area contributed by atoms with Crippen LogP contribution in [0.1, 0.15) is 0 Å². The highest BCUT2D eigenvalue weighted by Gasteiger charge is 2.16. The Labute approximate surface area is 382 Å². The number of fused-ring (bicyclic) bond motifs is 4. The lowest BCUT2D eigenvalue weighted by molar-refractivity contribution is 1.18. The van der Waals surface area contributed by atoms with Crippen LogP contribution in [0.25, 0.3) is 123 Å². The zero-order valence-corrected chi connectivity index (χ0v) is 35.8. The molecule has 0 N–H and O–H groups in total. The third-order valence-corrected chi connectivity index (χ3v) is 12.3. The molecular formula is C61H39N5. The van der Waals surface area contributed by atoms with Gasteiger partial charge in [-0.3, -0.25) is 4.98 Å². The van der Waals surface area contributed by atoms with Crippen molar-refractivity contribution in [3.63, 3.8) is 0 Å². The summed E-state index contributed by atoms with van der Waals surface area (Å²) in [5, 5.41) is 3.24. The van der Waals surface area contributed by atoms with E-state index in [1.54, 1.807) is 0 Å². The van der Waals surface area contributed by atoms with Crippen molar-refractivity contribution in [2.24, 2.45) is 0 Å². The standard InChI is InChI=1S/C61H39N5/c1-4-14-41(15-5-1)53-38-56(42-16-6-2-7-17-42)64-60-52(53)32-30-45-31-33-54(63-59(45)60)44-28-26-40(27-29-44)46-20-12-23-49(36-46)61-65-57(43-18-8-3-9-19-43)39-58(66-61)48-22-13-21-47(37-48)50-34-35-62-55-25-11-10-24-51(50)55/h1-39H. The zero-order chi connectivity index (χ0) is 43.8. The molecular weight excluding hydrogens is 803 g/mol. The summed E-state index contributed by atoms with van der Waals surface area (Å²) >= 11 is 0. The van der Waals surface area contributed by atoms with Crippen molar-refractivity contribution in [1.82, 2.24) is 24.9 Å². The summed E-state index contributed by atoms with van der Waals surface area (Å²) in [4.78, 5) is 25.6. The van der Waals surface area contributed by atoms with Gasteiger partial charge in [-0.15, -0.1) is 0 Å². The molecule has 308 valence electrons. The number of hydrogen-bond donors (Lipinski definition) is 0. The Kier molecular flexibility index (Phi) is 9.77. The molecule has 12 aromatic rings. The van der Waals surface area contributed by atoms with Gasteiger partial charge in [0, 0.05) is 50.2 Å². The molecule has 4 aromatic heterocycles. The van der Waals surface area contributed by atoms with Gasteiger partial charge in [-0.1, -0.05) is 188 Å². The highest BCUT2D eigenvalue weighted by molar-refractivity contribution is 6.09. The smallest absolute Gasteiger partial charge is 0.160 e. The molecule has 0 unspecified atom stereocenters. The second-order valence-electron chi connectivity index (χ2n) is 16.5. The van der Waals surface area contributed by atoms with Gasteiger partial charge in [0.05, 0.1) is 39.3 Å². The maximum Gasteiger partial charge on any atom is 0.160 e. The van der Waals surface area contributed by atoms with Crippen molar-refractivity contribution in [1.29, 1.82) is 0 Å². The summed E-state index contributed by atoms with van der Waals surface area (Å²) in [6, 6.07) is 80.2. The van der Waals surface area contributed by atoms with Crippen LogP contribution in [0.3, 0.4) is 0 Å². The summed E-state index contributed by atoms with van der Waals surface area (Å²) < 4.78 is 0. The number of para-hydroxylation sites is 1. The monoisotopic (exact) mass is 841 g/mol. The second-order valence-corrected chi connectivity index (χ2v) is 16.5. The zero-order valence-electron chi connectivity index (χ0n) is 35.8. The van der Waals surface area contributed by atoms with Crippen LogP contribution < -0.4 is 0 Å². The van der Waals surface area contributed by atoms with E-state index in [0.717, 1.165) is 117 Å². The van der Waals surface area contributed by atoms with Crippen LogP contribution in [0.5, 0.6) is 0 Å². The van der Waals surface area contributed by atoms with Gasteiger partial charge < -0.3 is 0 Å². The van der Waals surface area contributed by atoms with Gasteiger partial charge in [-0.2, -0.15) is 0 Å². The fourth-order valence-electron chi connectivity index (χ4n) is 8.99. The van der Waals surface area contributed by atoms with Gasteiger partial charge in [0.1, 0.15) is 0 Å². The summed E-state index contributed by atoms with van der Waals surface area (Å²) in [7, 11) is 0. The van der Waals surface area contributed by atoms with Gasteiger partial charge >= 0.3 is 0 Å². The molecule has 0 spiro atoms. The van der Waals surface area contributed by atoms with Crippen molar-refractivity contribution in [3.05, 3.63) is 237 Å². The molecule has 0 atom stereocenters. The molecule has 66 heavy (non-hydrogen) atoms. The summed E-state index contributed by atoms with van der Waals surface area (Å²) in [5.41, 5.74) is 18.0. The van der Waals surface area contributed by atoms with Gasteiger partial charge in [-0.25, -0.2) is 19.9 Å². The number of hydrogen-bond acceptors (Lipinski definition) is 5. The first-order valence-corrected chi connectivity index (χ1v) is 22.1. The summed E-state index contributed by atoms with van der Waals surface area (Å²) in [6.07, 6.45) is 1.88.